The monoisotopic (exact) mass is 277 g/mol. The van der Waals surface area contributed by atoms with Gasteiger partial charge in [-0.1, -0.05) is 18.2 Å². The standard InChI is InChI=1S/C16H20FNO2/c1-12(14-6-2-3-7-15(14)17)9-16(20)18-8-4-5-13(10-18)11-19/h2-3,6-7,9,13,19H,4-5,8,10-11H2,1H3/b12-9-. The van der Waals surface area contributed by atoms with E-state index in [9.17, 15) is 14.3 Å². The summed E-state index contributed by atoms with van der Waals surface area (Å²) in [7, 11) is 0. The van der Waals surface area contributed by atoms with Crippen LogP contribution in [0.3, 0.4) is 0 Å². The van der Waals surface area contributed by atoms with Gasteiger partial charge in [0.1, 0.15) is 5.82 Å². The number of aliphatic hydroxyl groups is 1. The summed E-state index contributed by atoms with van der Waals surface area (Å²) in [6, 6.07) is 6.44. The van der Waals surface area contributed by atoms with E-state index in [-0.39, 0.29) is 24.2 Å². The van der Waals surface area contributed by atoms with Crippen LogP contribution in [0.5, 0.6) is 0 Å². The molecule has 0 bridgehead atoms. The number of likely N-dealkylation sites (tertiary alicyclic amines) is 1. The predicted octanol–water partition coefficient (Wildman–Crippen LogP) is 2.46. The lowest BCUT2D eigenvalue weighted by molar-refractivity contribution is -0.128. The number of halogens is 1. The fraction of sp³-hybridized carbons (Fsp3) is 0.438. The highest BCUT2D eigenvalue weighted by molar-refractivity contribution is 5.95. The Morgan fingerprint density at radius 1 is 1.50 bits per heavy atom. The summed E-state index contributed by atoms with van der Waals surface area (Å²) in [6.07, 6.45) is 3.35. The number of benzene rings is 1. The third kappa shape index (κ3) is 3.45. The average Bonchev–Trinajstić information content (AvgIpc) is 2.47. The molecule has 1 N–H and O–H groups in total. The fourth-order valence-electron chi connectivity index (χ4n) is 2.55. The minimum atomic E-state index is -0.319. The van der Waals surface area contributed by atoms with Crippen molar-refractivity contribution in [2.45, 2.75) is 19.8 Å². The van der Waals surface area contributed by atoms with E-state index in [1.165, 1.54) is 12.1 Å². The third-order valence-electron chi connectivity index (χ3n) is 3.73. The molecule has 1 atom stereocenters. The van der Waals surface area contributed by atoms with E-state index in [1.54, 1.807) is 30.0 Å². The van der Waals surface area contributed by atoms with Crippen LogP contribution in [0.2, 0.25) is 0 Å². The molecule has 1 unspecified atom stereocenters. The molecular weight excluding hydrogens is 257 g/mol. The second-order valence-corrected chi connectivity index (χ2v) is 5.28. The topological polar surface area (TPSA) is 40.5 Å². The van der Waals surface area contributed by atoms with E-state index >= 15 is 0 Å². The van der Waals surface area contributed by atoms with E-state index in [4.69, 9.17) is 0 Å². The van der Waals surface area contributed by atoms with Crippen LogP contribution in [0.15, 0.2) is 30.3 Å². The smallest absolute Gasteiger partial charge is 0.246 e. The van der Waals surface area contributed by atoms with Crippen LogP contribution in [0.4, 0.5) is 4.39 Å². The Morgan fingerprint density at radius 3 is 2.95 bits per heavy atom. The van der Waals surface area contributed by atoms with Crippen LogP contribution < -0.4 is 0 Å². The molecule has 108 valence electrons. The number of hydrogen-bond acceptors (Lipinski definition) is 2. The predicted molar refractivity (Wildman–Crippen MR) is 76.4 cm³/mol. The van der Waals surface area contributed by atoms with Gasteiger partial charge >= 0.3 is 0 Å². The number of piperidine rings is 1. The minimum Gasteiger partial charge on any atom is -0.396 e. The Labute approximate surface area is 118 Å². The van der Waals surface area contributed by atoms with Crippen molar-refractivity contribution in [3.8, 4) is 0 Å². The van der Waals surface area contributed by atoms with Crippen molar-refractivity contribution < 1.29 is 14.3 Å². The molecule has 1 aliphatic rings. The number of amides is 1. The Kier molecular flexibility index (Phi) is 4.90. The largest absolute Gasteiger partial charge is 0.396 e. The number of rotatable bonds is 3. The van der Waals surface area contributed by atoms with Crippen LogP contribution in [-0.2, 0) is 4.79 Å². The lowest BCUT2D eigenvalue weighted by atomic mass is 9.98. The lowest BCUT2D eigenvalue weighted by Crippen LogP contribution is -2.40. The second-order valence-electron chi connectivity index (χ2n) is 5.28. The van der Waals surface area contributed by atoms with Gasteiger partial charge in [0.05, 0.1) is 0 Å². The average molecular weight is 277 g/mol. The SMILES string of the molecule is C/C(=C/C(=O)N1CCCC(CO)C1)c1ccccc1F. The molecule has 2 rings (SSSR count). The van der Waals surface area contributed by atoms with Gasteiger partial charge < -0.3 is 10.0 Å². The number of hydrogen-bond donors (Lipinski definition) is 1. The first kappa shape index (κ1) is 14.7. The molecule has 3 nitrogen and oxygen atoms in total. The summed E-state index contributed by atoms with van der Waals surface area (Å²) in [6.45, 7) is 3.14. The van der Waals surface area contributed by atoms with Gasteiger partial charge in [-0.25, -0.2) is 4.39 Å². The van der Waals surface area contributed by atoms with Crippen LogP contribution >= 0.6 is 0 Å². The van der Waals surface area contributed by atoms with Crippen molar-refractivity contribution in [1.82, 2.24) is 4.90 Å². The van der Waals surface area contributed by atoms with Crippen molar-refractivity contribution in [3.05, 3.63) is 41.7 Å². The summed E-state index contributed by atoms with van der Waals surface area (Å²) < 4.78 is 13.7. The lowest BCUT2D eigenvalue weighted by Gasteiger charge is -2.31. The summed E-state index contributed by atoms with van der Waals surface area (Å²) in [5, 5.41) is 9.18. The van der Waals surface area contributed by atoms with Crippen LogP contribution in [0.25, 0.3) is 5.57 Å². The van der Waals surface area contributed by atoms with E-state index in [0.717, 1.165) is 12.8 Å². The van der Waals surface area contributed by atoms with Crippen LogP contribution in [-0.4, -0.2) is 35.6 Å². The summed E-state index contributed by atoms with van der Waals surface area (Å²) in [5.74, 6) is -0.264. The second kappa shape index (κ2) is 6.66. The van der Waals surface area contributed by atoms with E-state index in [1.807, 2.05) is 0 Å². The van der Waals surface area contributed by atoms with Gasteiger partial charge in [0.15, 0.2) is 0 Å². The highest BCUT2D eigenvalue weighted by Crippen LogP contribution is 2.20. The van der Waals surface area contributed by atoms with Crippen LogP contribution in [0.1, 0.15) is 25.3 Å². The molecular formula is C16H20FNO2. The Balaban J connectivity index is 2.10. The Morgan fingerprint density at radius 2 is 2.25 bits per heavy atom. The summed E-state index contributed by atoms with van der Waals surface area (Å²) in [4.78, 5) is 13.9. The van der Waals surface area contributed by atoms with Crippen molar-refractivity contribution in [3.63, 3.8) is 0 Å². The summed E-state index contributed by atoms with van der Waals surface area (Å²) >= 11 is 0. The molecule has 1 heterocycles. The first-order valence-corrected chi connectivity index (χ1v) is 6.94. The maximum atomic E-state index is 13.7. The molecule has 1 saturated heterocycles. The third-order valence-corrected chi connectivity index (χ3v) is 3.73. The highest BCUT2D eigenvalue weighted by Gasteiger charge is 2.22. The Bertz CT molecular complexity index is 513. The van der Waals surface area contributed by atoms with Crippen molar-refractivity contribution in [2.24, 2.45) is 5.92 Å². The zero-order chi connectivity index (χ0) is 14.5. The Hall–Kier alpha value is -1.68. The van der Waals surface area contributed by atoms with E-state index < -0.39 is 0 Å². The van der Waals surface area contributed by atoms with Crippen molar-refractivity contribution >= 4 is 11.5 Å². The van der Waals surface area contributed by atoms with Gasteiger partial charge in [0.2, 0.25) is 5.91 Å². The van der Waals surface area contributed by atoms with Crippen LogP contribution in [0, 0.1) is 11.7 Å². The summed E-state index contributed by atoms with van der Waals surface area (Å²) in [5.41, 5.74) is 1.08. The molecule has 0 aromatic heterocycles. The zero-order valence-corrected chi connectivity index (χ0v) is 11.7. The minimum absolute atomic E-state index is 0.107. The zero-order valence-electron chi connectivity index (χ0n) is 11.7. The number of nitrogens with zero attached hydrogens (tertiary/aromatic N) is 1. The molecule has 1 aromatic rings. The molecule has 1 fully saturated rings. The molecule has 4 heteroatoms. The van der Waals surface area contributed by atoms with Gasteiger partial charge in [-0.05, 0) is 37.3 Å². The van der Waals surface area contributed by atoms with Gasteiger partial charge in [-0.2, -0.15) is 0 Å². The molecule has 0 aliphatic carbocycles. The normalized spacial score (nSPS) is 20.1. The maximum Gasteiger partial charge on any atom is 0.246 e. The van der Waals surface area contributed by atoms with Gasteiger partial charge in [0, 0.05) is 31.3 Å². The molecule has 1 amide bonds. The molecule has 20 heavy (non-hydrogen) atoms. The molecule has 0 spiro atoms. The first-order chi connectivity index (χ1) is 9.61. The van der Waals surface area contributed by atoms with Gasteiger partial charge in [-0.15, -0.1) is 0 Å². The quantitative estimate of drug-likeness (QED) is 0.862. The van der Waals surface area contributed by atoms with Crippen molar-refractivity contribution in [1.29, 1.82) is 0 Å². The number of carbonyl (C=O) groups excluding carboxylic acids is 1. The molecule has 0 saturated carbocycles. The van der Waals surface area contributed by atoms with E-state index in [0.29, 0.717) is 24.2 Å². The van der Waals surface area contributed by atoms with Crippen molar-refractivity contribution in [2.75, 3.05) is 19.7 Å². The number of allylic oxidation sites excluding steroid dienone is 1. The first-order valence-electron chi connectivity index (χ1n) is 6.94. The molecule has 1 aliphatic heterocycles. The van der Waals surface area contributed by atoms with Gasteiger partial charge in [-0.3, -0.25) is 4.79 Å². The highest BCUT2D eigenvalue weighted by atomic mass is 19.1. The fourth-order valence-corrected chi connectivity index (χ4v) is 2.55. The van der Waals surface area contributed by atoms with E-state index in [2.05, 4.69) is 0 Å². The molecule has 0 radical (unpaired) electrons. The van der Waals surface area contributed by atoms with Gasteiger partial charge in [0.25, 0.3) is 0 Å². The molecule has 1 aromatic carbocycles. The maximum absolute atomic E-state index is 13.7. The number of carbonyl (C=O) groups is 1. The number of aliphatic hydroxyl groups excluding tert-OH is 1.